The average molecular weight is 373 g/mol. The van der Waals surface area contributed by atoms with E-state index in [0.29, 0.717) is 0 Å². The molecule has 1 N–H and O–H groups in total. The number of amides is 1. The molecule has 4 aliphatic carbocycles. The van der Waals surface area contributed by atoms with Gasteiger partial charge in [-0.1, -0.05) is 0 Å². The number of hydrogen-bond acceptors (Lipinski definition) is 2. The van der Waals surface area contributed by atoms with Crippen LogP contribution in [0.15, 0.2) is 24.3 Å². The van der Waals surface area contributed by atoms with Crippen LogP contribution in [0.2, 0.25) is 0 Å². The summed E-state index contributed by atoms with van der Waals surface area (Å²) in [6.45, 7) is 1.74. The zero-order chi connectivity index (χ0) is 17.7. The third kappa shape index (κ3) is 2.88. The van der Waals surface area contributed by atoms with E-state index in [1.165, 1.54) is 19.3 Å². The van der Waals surface area contributed by atoms with Crippen LogP contribution >= 0.6 is 0 Å². The third-order valence-corrected chi connectivity index (χ3v) is 8.82. The minimum Gasteiger partial charge on any atom is -0.339 e. The minimum atomic E-state index is -1.04. The standard InChI is InChI=1S/C21H28N2O2S/c24-20(23-7-1-2-8-23)18-3-5-19(6-4-18)22-26(25)21-12-15-9-16(13-21)11-17(10-15)14-21/h3-6,15-17,22H,1-2,7-14H2/t15?,16?,17?,21?,26-/m0/s1. The molecule has 26 heavy (non-hydrogen) atoms. The summed E-state index contributed by atoms with van der Waals surface area (Å²) in [6.07, 6.45) is 9.69. The molecule has 4 bridgehead atoms. The molecule has 5 heteroatoms. The summed E-state index contributed by atoms with van der Waals surface area (Å²) in [5.41, 5.74) is 1.61. The van der Waals surface area contributed by atoms with Crippen molar-refractivity contribution in [1.29, 1.82) is 0 Å². The molecule has 0 aromatic heterocycles. The van der Waals surface area contributed by atoms with Crippen LogP contribution in [0.5, 0.6) is 0 Å². The van der Waals surface area contributed by atoms with E-state index in [4.69, 9.17) is 0 Å². The molecule has 1 aromatic carbocycles. The molecule has 0 unspecified atom stereocenters. The van der Waals surface area contributed by atoms with Gasteiger partial charge in [0, 0.05) is 24.3 Å². The van der Waals surface area contributed by atoms with Crippen LogP contribution in [-0.4, -0.2) is 32.9 Å². The van der Waals surface area contributed by atoms with Gasteiger partial charge in [-0.15, -0.1) is 0 Å². The van der Waals surface area contributed by atoms with Gasteiger partial charge in [0.25, 0.3) is 5.91 Å². The highest BCUT2D eigenvalue weighted by atomic mass is 32.2. The van der Waals surface area contributed by atoms with Crippen molar-refractivity contribution in [1.82, 2.24) is 4.90 Å². The first kappa shape index (κ1) is 16.8. The van der Waals surface area contributed by atoms with Gasteiger partial charge in [0.15, 0.2) is 0 Å². The van der Waals surface area contributed by atoms with E-state index in [2.05, 4.69) is 4.72 Å². The van der Waals surface area contributed by atoms with E-state index in [0.717, 1.165) is 74.2 Å². The predicted molar refractivity (Wildman–Crippen MR) is 104 cm³/mol. The molecule has 1 saturated heterocycles. The number of nitrogens with zero attached hydrogens (tertiary/aromatic N) is 1. The summed E-state index contributed by atoms with van der Waals surface area (Å²) in [6, 6.07) is 7.59. The van der Waals surface area contributed by atoms with E-state index in [-0.39, 0.29) is 10.7 Å². The van der Waals surface area contributed by atoms with Gasteiger partial charge in [-0.25, -0.2) is 4.21 Å². The lowest BCUT2D eigenvalue weighted by molar-refractivity contribution is 0.0363. The molecule has 6 rings (SSSR count). The molecule has 0 spiro atoms. The van der Waals surface area contributed by atoms with Crippen molar-refractivity contribution in [2.45, 2.75) is 56.1 Å². The average Bonchev–Trinajstić information content (AvgIpc) is 3.15. The zero-order valence-electron chi connectivity index (χ0n) is 15.3. The molecular weight excluding hydrogens is 344 g/mol. The van der Waals surface area contributed by atoms with Crippen molar-refractivity contribution in [2.75, 3.05) is 17.8 Å². The Hall–Kier alpha value is -1.36. The van der Waals surface area contributed by atoms with Crippen LogP contribution in [0.4, 0.5) is 5.69 Å². The summed E-state index contributed by atoms with van der Waals surface area (Å²) in [4.78, 5) is 14.4. The van der Waals surface area contributed by atoms with Crippen molar-refractivity contribution >= 4 is 22.6 Å². The maximum Gasteiger partial charge on any atom is 0.253 e. The van der Waals surface area contributed by atoms with E-state index >= 15 is 0 Å². The van der Waals surface area contributed by atoms with Crippen molar-refractivity contribution in [2.24, 2.45) is 17.8 Å². The number of nitrogens with one attached hydrogen (secondary N) is 1. The van der Waals surface area contributed by atoms with Gasteiger partial charge >= 0.3 is 0 Å². The lowest BCUT2D eigenvalue weighted by Gasteiger charge is -2.55. The van der Waals surface area contributed by atoms with E-state index in [1.54, 1.807) is 0 Å². The van der Waals surface area contributed by atoms with Gasteiger partial charge in [0.05, 0.1) is 4.75 Å². The monoisotopic (exact) mass is 372 g/mol. The fraction of sp³-hybridized carbons (Fsp3) is 0.667. The summed E-state index contributed by atoms with van der Waals surface area (Å²) in [5.74, 6) is 2.52. The smallest absolute Gasteiger partial charge is 0.253 e. The van der Waals surface area contributed by atoms with Crippen LogP contribution < -0.4 is 4.72 Å². The molecule has 1 atom stereocenters. The lowest BCUT2D eigenvalue weighted by atomic mass is 9.56. The van der Waals surface area contributed by atoms with Crippen LogP contribution in [0.3, 0.4) is 0 Å². The molecule has 4 nitrogen and oxygen atoms in total. The Kier molecular flexibility index (Phi) is 4.11. The van der Waals surface area contributed by atoms with Crippen molar-refractivity contribution in [3.63, 3.8) is 0 Å². The first-order valence-electron chi connectivity index (χ1n) is 10.2. The number of carbonyl (C=O) groups excluding carboxylic acids is 1. The first-order valence-corrected chi connectivity index (χ1v) is 11.3. The molecule has 5 fully saturated rings. The third-order valence-electron chi connectivity index (χ3n) is 7.11. The minimum absolute atomic E-state index is 0.0151. The normalized spacial score (nSPS) is 36.3. The van der Waals surface area contributed by atoms with E-state index < -0.39 is 11.0 Å². The SMILES string of the molecule is O=C(c1ccc(N[S@@](=O)C23CC4CC(CC(C4)C2)C3)cc1)N1CCCC1. The van der Waals surface area contributed by atoms with E-state index in [1.807, 2.05) is 29.2 Å². The van der Waals surface area contributed by atoms with Crippen LogP contribution in [0.1, 0.15) is 61.7 Å². The highest BCUT2D eigenvalue weighted by molar-refractivity contribution is 7.87. The maximum atomic E-state index is 13.2. The van der Waals surface area contributed by atoms with Gasteiger partial charge in [0.2, 0.25) is 0 Å². The zero-order valence-corrected chi connectivity index (χ0v) is 16.1. The Morgan fingerprint density at radius 1 is 0.962 bits per heavy atom. The molecule has 4 saturated carbocycles. The summed E-state index contributed by atoms with van der Waals surface area (Å²) in [5, 5.41) is 0. The van der Waals surface area contributed by atoms with E-state index in [9.17, 15) is 9.00 Å². The van der Waals surface area contributed by atoms with Crippen LogP contribution in [0.25, 0.3) is 0 Å². The number of hydrogen-bond donors (Lipinski definition) is 1. The van der Waals surface area contributed by atoms with Crippen LogP contribution in [-0.2, 0) is 11.0 Å². The van der Waals surface area contributed by atoms with Gasteiger partial charge in [-0.3, -0.25) is 4.79 Å². The lowest BCUT2D eigenvalue weighted by Crippen LogP contribution is -2.54. The number of likely N-dealkylation sites (tertiary alicyclic amines) is 1. The second kappa shape index (κ2) is 6.36. The van der Waals surface area contributed by atoms with Crippen LogP contribution in [0, 0.1) is 17.8 Å². The maximum absolute atomic E-state index is 13.2. The predicted octanol–water partition coefficient (Wildman–Crippen LogP) is 3.97. The number of rotatable bonds is 4. The molecule has 5 aliphatic rings. The van der Waals surface area contributed by atoms with Gasteiger partial charge in [-0.05, 0) is 93.4 Å². The highest BCUT2D eigenvalue weighted by Gasteiger charge is 2.54. The Balaban J connectivity index is 1.28. The number of carbonyl (C=O) groups is 1. The summed E-state index contributed by atoms with van der Waals surface area (Å²) >= 11 is 0. The number of benzene rings is 1. The van der Waals surface area contributed by atoms with Crippen molar-refractivity contribution in [3.8, 4) is 0 Å². The second-order valence-corrected chi connectivity index (χ2v) is 10.7. The Bertz CT molecular complexity index is 689. The topological polar surface area (TPSA) is 49.4 Å². The molecule has 1 amide bonds. The van der Waals surface area contributed by atoms with Crippen molar-refractivity contribution < 1.29 is 9.00 Å². The molecule has 1 aromatic rings. The Morgan fingerprint density at radius 3 is 2.04 bits per heavy atom. The fourth-order valence-electron chi connectivity index (χ4n) is 6.26. The van der Waals surface area contributed by atoms with Gasteiger partial charge < -0.3 is 9.62 Å². The summed E-state index contributed by atoms with van der Waals surface area (Å²) in [7, 11) is -1.04. The van der Waals surface area contributed by atoms with Gasteiger partial charge in [0.1, 0.15) is 11.0 Å². The quantitative estimate of drug-likeness (QED) is 0.869. The highest BCUT2D eigenvalue weighted by Crippen LogP contribution is 2.57. The Morgan fingerprint density at radius 2 is 1.50 bits per heavy atom. The second-order valence-electron chi connectivity index (χ2n) is 9.05. The van der Waals surface area contributed by atoms with Gasteiger partial charge in [-0.2, -0.15) is 0 Å². The number of anilines is 1. The summed E-state index contributed by atoms with van der Waals surface area (Å²) < 4.78 is 16.5. The molecule has 1 aliphatic heterocycles. The molecule has 140 valence electrons. The first-order chi connectivity index (χ1) is 12.6. The Labute approximate surface area is 158 Å². The van der Waals surface area contributed by atoms with Crippen molar-refractivity contribution in [3.05, 3.63) is 29.8 Å². The largest absolute Gasteiger partial charge is 0.339 e. The fourth-order valence-corrected chi connectivity index (χ4v) is 7.99. The molecule has 1 heterocycles. The molecular formula is C21H28N2O2S. The molecule has 0 radical (unpaired) electrons.